The number of hydrogen-bond donors (Lipinski definition) is 0. The molecule has 0 radical (unpaired) electrons. The van der Waals surface area contributed by atoms with Crippen molar-refractivity contribution in [1.82, 2.24) is 0 Å². The molecular weight excluding hydrogens is 184 g/mol. The van der Waals surface area contributed by atoms with E-state index in [4.69, 9.17) is 0 Å². The van der Waals surface area contributed by atoms with Gasteiger partial charge in [-0.25, -0.2) is 0 Å². The highest BCUT2D eigenvalue weighted by atomic mass is 16.6. The van der Waals surface area contributed by atoms with Crippen LogP contribution in [0, 0.1) is 15.0 Å². The van der Waals surface area contributed by atoms with Crippen molar-refractivity contribution in [3.05, 3.63) is 15.0 Å². The highest BCUT2D eigenvalue weighted by molar-refractivity contribution is 4.75. The first-order chi connectivity index (χ1) is 6.63. The molecule has 0 saturated carbocycles. The number of unbranched alkanes of at least 4 members (excludes halogenated alkanes) is 2. The van der Waals surface area contributed by atoms with E-state index in [1.807, 2.05) is 13.8 Å². The van der Waals surface area contributed by atoms with E-state index in [9.17, 15) is 15.0 Å². The van der Waals surface area contributed by atoms with Crippen LogP contribution in [0.5, 0.6) is 0 Å². The Kier molecular flexibility index (Phi) is 5.99. The molecule has 0 N–H and O–H groups in total. The van der Waals surface area contributed by atoms with E-state index in [0.717, 1.165) is 12.8 Å². The molecule has 0 fully saturated rings. The Balaban J connectivity index is 4.43. The second kappa shape index (κ2) is 6.45. The summed E-state index contributed by atoms with van der Waals surface area (Å²) in [6.45, 7) is 3.88. The van der Waals surface area contributed by atoms with E-state index in [1.54, 1.807) is 0 Å². The van der Waals surface area contributed by atoms with Crippen molar-refractivity contribution >= 4 is 0 Å². The summed E-state index contributed by atoms with van der Waals surface area (Å²) < 4.78 is 0. The second-order valence-electron chi connectivity index (χ2n) is 3.54. The van der Waals surface area contributed by atoms with Gasteiger partial charge >= 0.3 is 5.66 Å². The molecule has 0 aliphatic rings. The van der Waals surface area contributed by atoms with Gasteiger partial charge in [-0.3, -0.25) is 10.1 Å². The van der Waals surface area contributed by atoms with Crippen LogP contribution in [0.25, 0.3) is 0 Å². The summed E-state index contributed by atoms with van der Waals surface area (Å²) in [6.07, 6.45) is 3.57. The van der Waals surface area contributed by atoms with Gasteiger partial charge in [-0.1, -0.05) is 26.7 Å². The van der Waals surface area contributed by atoms with E-state index in [0.29, 0.717) is 12.8 Å². The first-order valence-corrected chi connectivity index (χ1v) is 5.12. The maximum Gasteiger partial charge on any atom is 0.348 e. The molecule has 0 amide bonds. The highest BCUT2D eigenvalue weighted by Gasteiger charge is 2.43. The first kappa shape index (κ1) is 13.0. The number of nitrogens with zero attached hydrogens (tertiary/aromatic N) is 2. The lowest BCUT2D eigenvalue weighted by Crippen LogP contribution is -2.35. The zero-order valence-electron chi connectivity index (χ0n) is 8.86. The van der Waals surface area contributed by atoms with Crippen LogP contribution in [0.15, 0.2) is 5.18 Å². The zero-order chi connectivity index (χ0) is 11.0. The Morgan fingerprint density at radius 1 is 1.21 bits per heavy atom. The fourth-order valence-corrected chi connectivity index (χ4v) is 1.35. The van der Waals surface area contributed by atoms with Crippen molar-refractivity contribution in [3.63, 3.8) is 0 Å². The van der Waals surface area contributed by atoms with Gasteiger partial charge < -0.3 is 0 Å². The Morgan fingerprint density at radius 2 is 1.64 bits per heavy atom. The molecule has 0 heterocycles. The Hall–Kier alpha value is -1.00. The van der Waals surface area contributed by atoms with Crippen LogP contribution in [-0.4, -0.2) is 10.6 Å². The summed E-state index contributed by atoms with van der Waals surface area (Å²) in [5, 5.41) is 13.5. The topological polar surface area (TPSA) is 72.6 Å². The summed E-state index contributed by atoms with van der Waals surface area (Å²) in [5.41, 5.74) is -1.56. The average molecular weight is 202 g/mol. The fraction of sp³-hybridized carbons (Fsp3) is 1.00. The average Bonchev–Trinajstić information content (AvgIpc) is 2.18. The van der Waals surface area contributed by atoms with Crippen LogP contribution >= 0.6 is 0 Å². The van der Waals surface area contributed by atoms with Crippen LogP contribution in [0.3, 0.4) is 0 Å². The second-order valence-corrected chi connectivity index (χ2v) is 3.54. The molecule has 5 heteroatoms. The molecule has 14 heavy (non-hydrogen) atoms. The summed E-state index contributed by atoms with van der Waals surface area (Å²) >= 11 is 0. The number of rotatable bonds is 8. The van der Waals surface area contributed by atoms with Gasteiger partial charge in [0, 0.05) is 18.0 Å². The SMILES string of the molecule is CCCCC(CCCC)(N=O)[N+](=O)[O-]. The molecule has 0 aromatic rings. The van der Waals surface area contributed by atoms with Gasteiger partial charge in [0.15, 0.2) is 0 Å². The Morgan fingerprint density at radius 3 is 1.86 bits per heavy atom. The van der Waals surface area contributed by atoms with Crippen molar-refractivity contribution in [1.29, 1.82) is 0 Å². The van der Waals surface area contributed by atoms with Gasteiger partial charge in [0.05, 0.1) is 4.92 Å². The molecule has 0 bridgehead atoms. The minimum atomic E-state index is -1.56. The molecule has 0 aliphatic carbocycles. The van der Waals surface area contributed by atoms with Gasteiger partial charge in [-0.2, -0.15) is 0 Å². The predicted molar refractivity (Wildman–Crippen MR) is 54.6 cm³/mol. The lowest BCUT2D eigenvalue weighted by Gasteiger charge is -2.16. The normalized spacial score (nSPS) is 11.3. The van der Waals surface area contributed by atoms with Crippen molar-refractivity contribution < 1.29 is 4.92 Å². The molecule has 0 aromatic carbocycles. The lowest BCUT2D eigenvalue weighted by molar-refractivity contribution is -0.571. The van der Waals surface area contributed by atoms with Gasteiger partial charge in [-0.15, -0.1) is 4.91 Å². The number of nitroso groups, excluding NO2 is 1. The van der Waals surface area contributed by atoms with Crippen molar-refractivity contribution in [2.45, 2.75) is 58.0 Å². The van der Waals surface area contributed by atoms with Crippen molar-refractivity contribution in [3.8, 4) is 0 Å². The Labute approximate surface area is 84.0 Å². The highest BCUT2D eigenvalue weighted by Crippen LogP contribution is 2.26. The summed E-state index contributed by atoms with van der Waals surface area (Å²) in [5.74, 6) is 0. The molecule has 0 aliphatic heterocycles. The lowest BCUT2D eigenvalue weighted by atomic mass is 9.98. The monoisotopic (exact) mass is 202 g/mol. The zero-order valence-corrected chi connectivity index (χ0v) is 8.86. The van der Waals surface area contributed by atoms with Crippen molar-refractivity contribution in [2.75, 3.05) is 0 Å². The minimum absolute atomic E-state index is 0.264. The molecule has 0 unspecified atom stereocenters. The quantitative estimate of drug-likeness (QED) is 0.345. The predicted octanol–water partition coefficient (Wildman–Crippen LogP) is 3.11. The molecule has 0 aromatic heterocycles. The molecule has 0 atom stereocenters. The minimum Gasteiger partial charge on any atom is -0.262 e. The Bertz CT molecular complexity index is 186. The molecule has 0 spiro atoms. The smallest absolute Gasteiger partial charge is 0.262 e. The van der Waals surface area contributed by atoms with Crippen LogP contribution < -0.4 is 0 Å². The van der Waals surface area contributed by atoms with E-state index in [-0.39, 0.29) is 12.8 Å². The standard InChI is InChI=1S/C9H18N2O3/c1-3-5-7-9(10-12,11(13)14)8-6-4-2/h3-8H2,1-2H3. The van der Waals surface area contributed by atoms with Gasteiger partial charge in [0.2, 0.25) is 0 Å². The largest absolute Gasteiger partial charge is 0.348 e. The van der Waals surface area contributed by atoms with Gasteiger partial charge in [0.25, 0.3) is 0 Å². The van der Waals surface area contributed by atoms with E-state index in [1.165, 1.54) is 0 Å². The maximum atomic E-state index is 10.8. The summed E-state index contributed by atoms with van der Waals surface area (Å²) in [6, 6.07) is 0. The van der Waals surface area contributed by atoms with E-state index >= 15 is 0 Å². The van der Waals surface area contributed by atoms with Crippen molar-refractivity contribution in [2.24, 2.45) is 5.18 Å². The third kappa shape index (κ3) is 3.40. The fourth-order valence-electron chi connectivity index (χ4n) is 1.35. The van der Waals surface area contributed by atoms with Crippen LogP contribution in [-0.2, 0) is 0 Å². The van der Waals surface area contributed by atoms with Crippen LogP contribution in [0.1, 0.15) is 52.4 Å². The third-order valence-electron chi connectivity index (χ3n) is 2.37. The molecular formula is C9H18N2O3. The number of nitro groups is 1. The van der Waals surface area contributed by atoms with E-state index in [2.05, 4.69) is 5.18 Å². The molecule has 0 rings (SSSR count). The molecule has 5 nitrogen and oxygen atoms in total. The molecule has 0 saturated heterocycles. The summed E-state index contributed by atoms with van der Waals surface area (Å²) in [4.78, 5) is 20.8. The maximum absolute atomic E-state index is 10.8. The molecule has 82 valence electrons. The third-order valence-corrected chi connectivity index (χ3v) is 2.37. The van der Waals surface area contributed by atoms with Gasteiger partial charge in [0.1, 0.15) is 0 Å². The van der Waals surface area contributed by atoms with E-state index < -0.39 is 10.6 Å². The van der Waals surface area contributed by atoms with Crippen LogP contribution in [0.2, 0.25) is 0 Å². The number of hydrogen-bond acceptors (Lipinski definition) is 4. The first-order valence-electron chi connectivity index (χ1n) is 5.12. The van der Waals surface area contributed by atoms with Gasteiger partial charge in [-0.05, 0) is 12.8 Å². The van der Waals surface area contributed by atoms with Crippen LogP contribution in [0.4, 0.5) is 0 Å². The summed E-state index contributed by atoms with van der Waals surface area (Å²) in [7, 11) is 0.